The van der Waals surface area contributed by atoms with Gasteiger partial charge in [0.05, 0.1) is 19.0 Å². The molecule has 0 atom stereocenters. The Morgan fingerprint density at radius 2 is 1.65 bits per heavy atom. The van der Waals surface area contributed by atoms with E-state index in [9.17, 15) is 4.79 Å². The van der Waals surface area contributed by atoms with Crippen molar-refractivity contribution in [1.82, 2.24) is 0 Å². The van der Waals surface area contributed by atoms with Gasteiger partial charge in [-0.3, -0.25) is 4.79 Å². The van der Waals surface area contributed by atoms with Crippen molar-refractivity contribution >= 4 is 23.4 Å². The van der Waals surface area contributed by atoms with Gasteiger partial charge >= 0.3 is 0 Å². The number of amides is 1. The number of nitrogens with one attached hydrogen (secondary N) is 1. The zero-order valence-corrected chi connectivity index (χ0v) is 16.5. The summed E-state index contributed by atoms with van der Waals surface area (Å²) in [6.45, 7) is 7.41. The summed E-state index contributed by atoms with van der Waals surface area (Å²) in [6, 6.07) is 13.7. The number of anilines is 1. The van der Waals surface area contributed by atoms with Gasteiger partial charge in [0.1, 0.15) is 11.5 Å². The van der Waals surface area contributed by atoms with Crippen LogP contribution >= 0.6 is 11.8 Å². The molecule has 0 heterocycles. The zero-order chi connectivity index (χ0) is 18.8. The second-order valence-electron chi connectivity index (χ2n) is 6.09. The molecule has 140 valence electrons. The van der Waals surface area contributed by atoms with Crippen LogP contribution in [0.3, 0.4) is 0 Å². The standard InChI is InChI=1S/C21H27NO3S/c1-4-11-24-18-6-8-19(9-7-18)25-12-13-26-15-21(23)22-20-10-5-16(2)14-17(20)3/h5-10,14H,4,11-13,15H2,1-3H3,(H,22,23). The van der Waals surface area contributed by atoms with E-state index >= 15 is 0 Å². The van der Waals surface area contributed by atoms with Crippen molar-refractivity contribution in [2.45, 2.75) is 27.2 Å². The van der Waals surface area contributed by atoms with Gasteiger partial charge < -0.3 is 14.8 Å². The van der Waals surface area contributed by atoms with E-state index in [1.54, 1.807) is 11.8 Å². The summed E-state index contributed by atoms with van der Waals surface area (Å²) >= 11 is 1.56. The third-order valence-electron chi connectivity index (χ3n) is 3.68. The third-order valence-corrected chi connectivity index (χ3v) is 4.60. The quantitative estimate of drug-likeness (QED) is 0.605. The molecule has 0 saturated heterocycles. The molecule has 0 spiro atoms. The minimum Gasteiger partial charge on any atom is -0.494 e. The number of ether oxygens (including phenoxy) is 2. The molecule has 0 aliphatic rings. The Hall–Kier alpha value is -2.14. The van der Waals surface area contributed by atoms with E-state index in [-0.39, 0.29) is 5.91 Å². The maximum absolute atomic E-state index is 12.0. The SMILES string of the molecule is CCCOc1ccc(OCCSCC(=O)Nc2ccc(C)cc2C)cc1. The fourth-order valence-electron chi connectivity index (χ4n) is 2.38. The molecule has 0 bridgehead atoms. The van der Waals surface area contributed by atoms with Gasteiger partial charge in [-0.2, -0.15) is 0 Å². The largest absolute Gasteiger partial charge is 0.494 e. The Morgan fingerprint density at radius 3 is 2.27 bits per heavy atom. The first-order valence-electron chi connectivity index (χ1n) is 8.89. The van der Waals surface area contributed by atoms with Gasteiger partial charge in [0.25, 0.3) is 0 Å². The molecule has 4 nitrogen and oxygen atoms in total. The minimum absolute atomic E-state index is 0.0133. The minimum atomic E-state index is 0.0133. The maximum atomic E-state index is 12.0. The van der Waals surface area contributed by atoms with Crippen molar-refractivity contribution in [3.05, 3.63) is 53.6 Å². The monoisotopic (exact) mass is 373 g/mol. The van der Waals surface area contributed by atoms with Gasteiger partial charge in [0.15, 0.2) is 0 Å². The summed E-state index contributed by atoms with van der Waals surface area (Å²) in [4.78, 5) is 12.0. The van der Waals surface area contributed by atoms with Crippen molar-refractivity contribution < 1.29 is 14.3 Å². The molecule has 5 heteroatoms. The Kier molecular flexibility index (Phi) is 8.35. The van der Waals surface area contributed by atoms with Crippen LogP contribution in [0, 0.1) is 13.8 Å². The second kappa shape index (κ2) is 10.8. The Bertz CT molecular complexity index is 701. The third kappa shape index (κ3) is 7.00. The highest BCUT2D eigenvalue weighted by Gasteiger charge is 2.05. The molecule has 1 N–H and O–H groups in total. The van der Waals surface area contributed by atoms with Crippen molar-refractivity contribution in [2.75, 3.05) is 30.0 Å². The zero-order valence-electron chi connectivity index (χ0n) is 15.7. The molecule has 0 aliphatic carbocycles. The van der Waals surface area contributed by atoms with Gasteiger partial charge in [-0.15, -0.1) is 11.8 Å². The number of rotatable bonds is 10. The lowest BCUT2D eigenvalue weighted by molar-refractivity contribution is -0.113. The van der Waals surface area contributed by atoms with Crippen LogP contribution in [0.5, 0.6) is 11.5 Å². The van der Waals surface area contributed by atoms with Crippen molar-refractivity contribution in [1.29, 1.82) is 0 Å². The van der Waals surface area contributed by atoms with Gasteiger partial charge in [-0.05, 0) is 56.2 Å². The molecule has 26 heavy (non-hydrogen) atoms. The van der Waals surface area contributed by atoms with Crippen molar-refractivity contribution in [3.8, 4) is 11.5 Å². The second-order valence-corrected chi connectivity index (χ2v) is 7.19. The number of thioether (sulfide) groups is 1. The van der Waals surface area contributed by atoms with Crippen LogP contribution in [-0.2, 0) is 4.79 Å². The molecular formula is C21H27NO3S. The van der Waals surface area contributed by atoms with E-state index in [1.165, 1.54) is 5.56 Å². The van der Waals surface area contributed by atoms with Crippen LogP contribution < -0.4 is 14.8 Å². The molecule has 2 aromatic carbocycles. The highest BCUT2D eigenvalue weighted by atomic mass is 32.2. The highest BCUT2D eigenvalue weighted by Crippen LogP contribution is 2.18. The number of hydrogen-bond acceptors (Lipinski definition) is 4. The molecule has 0 saturated carbocycles. The number of aryl methyl sites for hydroxylation is 2. The molecule has 1 amide bonds. The normalized spacial score (nSPS) is 10.4. The summed E-state index contributed by atoms with van der Waals surface area (Å²) < 4.78 is 11.2. The first kappa shape index (κ1) is 20.2. The Balaban J connectivity index is 1.63. The summed E-state index contributed by atoms with van der Waals surface area (Å²) in [7, 11) is 0. The number of carbonyl (C=O) groups is 1. The first-order valence-corrected chi connectivity index (χ1v) is 10.0. The summed E-state index contributed by atoms with van der Waals surface area (Å²) in [5.41, 5.74) is 3.15. The van der Waals surface area contributed by atoms with Gasteiger partial charge in [0.2, 0.25) is 5.91 Å². The lowest BCUT2D eigenvalue weighted by Gasteiger charge is -2.10. The van der Waals surface area contributed by atoms with E-state index < -0.39 is 0 Å². The lowest BCUT2D eigenvalue weighted by atomic mass is 10.1. The van der Waals surface area contributed by atoms with Gasteiger partial charge in [0, 0.05) is 11.4 Å². The van der Waals surface area contributed by atoms with Crippen LogP contribution in [0.1, 0.15) is 24.5 Å². The molecule has 2 rings (SSSR count). The van der Waals surface area contributed by atoms with Crippen LogP contribution in [-0.4, -0.2) is 30.6 Å². The van der Waals surface area contributed by atoms with Gasteiger partial charge in [-0.25, -0.2) is 0 Å². The predicted octanol–water partition coefficient (Wildman–Crippen LogP) is 4.84. The smallest absolute Gasteiger partial charge is 0.234 e. The number of hydrogen-bond donors (Lipinski definition) is 1. The fourth-order valence-corrected chi connectivity index (χ4v) is 2.98. The van der Waals surface area contributed by atoms with Crippen molar-refractivity contribution in [2.24, 2.45) is 0 Å². The molecule has 0 aromatic heterocycles. The topological polar surface area (TPSA) is 47.6 Å². The number of carbonyl (C=O) groups excluding carboxylic acids is 1. The Morgan fingerprint density at radius 1 is 1.00 bits per heavy atom. The van der Waals surface area contributed by atoms with Crippen LogP contribution in [0.2, 0.25) is 0 Å². The maximum Gasteiger partial charge on any atom is 0.234 e. The van der Waals surface area contributed by atoms with E-state index in [0.717, 1.165) is 41.5 Å². The average Bonchev–Trinajstić information content (AvgIpc) is 2.63. The first-order chi connectivity index (χ1) is 12.6. The Labute approximate surface area is 160 Å². The summed E-state index contributed by atoms with van der Waals surface area (Å²) in [6.07, 6.45) is 0.993. The predicted molar refractivity (Wildman–Crippen MR) is 110 cm³/mol. The molecule has 0 unspecified atom stereocenters. The van der Waals surface area contributed by atoms with Crippen LogP contribution in [0.15, 0.2) is 42.5 Å². The van der Waals surface area contributed by atoms with Crippen molar-refractivity contribution in [3.63, 3.8) is 0 Å². The van der Waals surface area contributed by atoms with E-state index in [0.29, 0.717) is 12.4 Å². The van der Waals surface area contributed by atoms with Crippen LogP contribution in [0.25, 0.3) is 0 Å². The molecular weight excluding hydrogens is 346 g/mol. The highest BCUT2D eigenvalue weighted by molar-refractivity contribution is 7.99. The summed E-state index contributed by atoms with van der Waals surface area (Å²) in [5.74, 6) is 2.86. The van der Waals surface area contributed by atoms with E-state index in [1.807, 2.05) is 50.2 Å². The van der Waals surface area contributed by atoms with E-state index in [2.05, 4.69) is 18.3 Å². The molecule has 0 aliphatic heterocycles. The fraction of sp³-hybridized carbons (Fsp3) is 0.381. The molecule has 0 fully saturated rings. The van der Waals surface area contributed by atoms with Crippen LogP contribution in [0.4, 0.5) is 5.69 Å². The number of benzene rings is 2. The van der Waals surface area contributed by atoms with Gasteiger partial charge in [-0.1, -0.05) is 24.6 Å². The molecule has 2 aromatic rings. The average molecular weight is 374 g/mol. The lowest BCUT2D eigenvalue weighted by Crippen LogP contribution is -2.16. The van der Waals surface area contributed by atoms with E-state index in [4.69, 9.17) is 9.47 Å². The molecule has 0 radical (unpaired) electrons. The summed E-state index contributed by atoms with van der Waals surface area (Å²) in [5, 5.41) is 2.95.